The molecule has 0 saturated carbocycles. The third-order valence-corrected chi connectivity index (χ3v) is 3.11. The highest BCUT2D eigenvalue weighted by atomic mass is 35.5. The molecule has 0 bridgehead atoms. The molecule has 1 aliphatic rings. The predicted molar refractivity (Wildman–Crippen MR) is 56.1 cm³/mol. The van der Waals surface area contributed by atoms with E-state index in [4.69, 9.17) is 17.3 Å². The second kappa shape index (κ2) is 3.87. The van der Waals surface area contributed by atoms with E-state index in [1.54, 1.807) is 0 Å². The minimum Gasteiger partial charge on any atom is -0.330 e. The molecule has 3 heteroatoms. The van der Waals surface area contributed by atoms with E-state index in [0.29, 0.717) is 17.5 Å². The van der Waals surface area contributed by atoms with Crippen LogP contribution < -0.4 is 5.73 Å². The third-order valence-electron chi connectivity index (χ3n) is 2.89. The molecular formula is C11H13ClFN. The van der Waals surface area contributed by atoms with Crippen molar-refractivity contribution in [2.24, 2.45) is 5.73 Å². The van der Waals surface area contributed by atoms with Gasteiger partial charge in [0.1, 0.15) is 5.82 Å². The molecule has 0 spiro atoms. The van der Waals surface area contributed by atoms with E-state index in [9.17, 15) is 4.39 Å². The lowest BCUT2D eigenvalue weighted by Crippen LogP contribution is -2.04. The summed E-state index contributed by atoms with van der Waals surface area (Å²) in [6.07, 6.45) is 2.75. The lowest BCUT2D eigenvalue weighted by atomic mass is 9.98. The van der Waals surface area contributed by atoms with Gasteiger partial charge in [-0.2, -0.15) is 0 Å². The van der Waals surface area contributed by atoms with E-state index < -0.39 is 0 Å². The minimum absolute atomic E-state index is 0.160. The summed E-state index contributed by atoms with van der Waals surface area (Å²) in [5, 5.41) is 0.491. The molecule has 0 heterocycles. The van der Waals surface area contributed by atoms with Crippen molar-refractivity contribution in [2.45, 2.75) is 25.2 Å². The molecule has 1 aromatic carbocycles. The van der Waals surface area contributed by atoms with Gasteiger partial charge in [-0.05, 0) is 55.0 Å². The fourth-order valence-corrected chi connectivity index (χ4v) is 2.44. The van der Waals surface area contributed by atoms with Gasteiger partial charge in [-0.3, -0.25) is 0 Å². The Morgan fingerprint density at radius 1 is 1.50 bits per heavy atom. The Morgan fingerprint density at radius 2 is 2.29 bits per heavy atom. The quantitative estimate of drug-likeness (QED) is 0.803. The van der Waals surface area contributed by atoms with Gasteiger partial charge in [0.25, 0.3) is 0 Å². The van der Waals surface area contributed by atoms with Crippen LogP contribution >= 0.6 is 11.6 Å². The van der Waals surface area contributed by atoms with Crippen molar-refractivity contribution in [3.63, 3.8) is 0 Å². The summed E-state index contributed by atoms with van der Waals surface area (Å²) in [5.41, 5.74) is 7.43. The third kappa shape index (κ3) is 1.64. The predicted octanol–water partition coefficient (Wildman–Crippen LogP) is 2.86. The van der Waals surface area contributed by atoms with Gasteiger partial charge < -0.3 is 5.73 Å². The first kappa shape index (κ1) is 9.94. The zero-order valence-corrected chi connectivity index (χ0v) is 8.65. The van der Waals surface area contributed by atoms with Crippen molar-refractivity contribution in [1.29, 1.82) is 0 Å². The van der Waals surface area contributed by atoms with Crippen LogP contribution in [0.5, 0.6) is 0 Å². The largest absolute Gasteiger partial charge is 0.330 e. The van der Waals surface area contributed by atoms with Crippen LogP contribution in [0.1, 0.15) is 29.9 Å². The van der Waals surface area contributed by atoms with Crippen molar-refractivity contribution in [3.8, 4) is 0 Å². The van der Waals surface area contributed by atoms with Crippen molar-refractivity contribution >= 4 is 11.6 Å². The van der Waals surface area contributed by atoms with Crippen molar-refractivity contribution in [1.82, 2.24) is 0 Å². The van der Waals surface area contributed by atoms with Crippen molar-refractivity contribution in [2.75, 3.05) is 6.54 Å². The zero-order chi connectivity index (χ0) is 10.1. The van der Waals surface area contributed by atoms with E-state index in [-0.39, 0.29) is 5.82 Å². The molecule has 0 fully saturated rings. The number of benzene rings is 1. The van der Waals surface area contributed by atoms with Gasteiger partial charge in [-0.1, -0.05) is 11.6 Å². The van der Waals surface area contributed by atoms with Crippen molar-refractivity contribution in [3.05, 3.63) is 34.1 Å². The van der Waals surface area contributed by atoms with E-state index in [1.165, 1.54) is 6.07 Å². The lowest BCUT2D eigenvalue weighted by Gasteiger charge is -2.10. The highest BCUT2D eigenvalue weighted by Crippen LogP contribution is 2.38. The summed E-state index contributed by atoms with van der Waals surface area (Å²) in [6.45, 7) is 0.651. The van der Waals surface area contributed by atoms with Crippen LogP contribution in [0.15, 0.2) is 12.1 Å². The molecule has 0 saturated heterocycles. The number of hydrogen-bond donors (Lipinski definition) is 1. The van der Waals surface area contributed by atoms with Gasteiger partial charge in [0.15, 0.2) is 0 Å². The van der Waals surface area contributed by atoms with Crippen LogP contribution in [-0.4, -0.2) is 6.54 Å². The second-order valence-corrected chi connectivity index (χ2v) is 4.20. The van der Waals surface area contributed by atoms with Gasteiger partial charge in [-0.25, -0.2) is 4.39 Å². The number of nitrogens with two attached hydrogens (primary N) is 1. The van der Waals surface area contributed by atoms with E-state index in [0.717, 1.165) is 30.4 Å². The van der Waals surface area contributed by atoms with E-state index in [2.05, 4.69) is 0 Å². The molecule has 0 radical (unpaired) electrons. The molecule has 76 valence electrons. The molecule has 14 heavy (non-hydrogen) atoms. The molecule has 1 aliphatic carbocycles. The molecule has 2 N–H and O–H groups in total. The Balaban J connectivity index is 2.38. The summed E-state index contributed by atoms with van der Waals surface area (Å²) < 4.78 is 13.4. The summed E-state index contributed by atoms with van der Waals surface area (Å²) in [6, 6.07) is 3.28. The zero-order valence-electron chi connectivity index (χ0n) is 7.89. The first-order valence-electron chi connectivity index (χ1n) is 4.90. The van der Waals surface area contributed by atoms with Gasteiger partial charge >= 0.3 is 0 Å². The summed E-state index contributed by atoms with van der Waals surface area (Å²) >= 11 is 5.82. The number of halogens is 2. The number of rotatable bonds is 2. The molecule has 2 rings (SSSR count). The molecule has 0 amide bonds. The molecule has 1 nitrogen and oxygen atoms in total. The fourth-order valence-electron chi connectivity index (χ4n) is 2.23. The van der Waals surface area contributed by atoms with Gasteiger partial charge in [0.05, 0.1) is 0 Å². The molecule has 1 aromatic rings. The monoisotopic (exact) mass is 213 g/mol. The van der Waals surface area contributed by atoms with Gasteiger partial charge in [-0.15, -0.1) is 0 Å². The molecule has 1 atom stereocenters. The Bertz CT molecular complexity index is 351. The first-order chi connectivity index (χ1) is 6.72. The van der Waals surface area contributed by atoms with Crippen LogP contribution in [-0.2, 0) is 6.42 Å². The van der Waals surface area contributed by atoms with Crippen LogP contribution in [0.25, 0.3) is 0 Å². The highest BCUT2D eigenvalue weighted by molar-refractivity contribution is 6.30. The van der Waals surface area contributed by atoms with E-state index in [1.807, 2.05) is 6.07 Å². The SMILES string of the molecule is NCCC1CCc2c(F)cc(Cl)cc21. The number of hydrogen-bond acceptors (Lipinski definition) is 1. The topological polar surface area (TPSA) is 26.0 Å². The number of fused-ring (bicyclic) bond motifs is 1. The maximum atomic E-state index is 13.4. The average Bonchev–Trinajstić information content (AvgIpc) is 2.49. The molecule has 0 aliphatic heterocycles. The van der Waals surface area contributed by atoms with Crippen LogP contribution in [0.3, 0.4) is 0 Å². The first-order valence-corrected chi connectivity index (χ1v) is 5.28. The minimum atomic E-state index is -0.160. The van der Waals surface area contributed by atoms with Gasteiger partial charge in [0, 0.05) is 5.02 Å². The average molecular weight is 214 g/mol. The summed E-state index contributed by atoms with van der Waals surface area (Å²) in [7, 11) is 0. The Morgan fingerprint density at radius 3 is 3.00 bits per heavy atom. The smallest absolute Gasteiger partial charge is 0.128 e. The van der Waals surface area contributed by atoms with E-state index >= 15 is 0 Å². The molecule has 0 aromatic heterocycles. The molecule has 1 unspecified atom stereocenters. The Labute approximate surface area is 88.1 Å². The van der Waals surface area contributed by atoms with Crippen LogP contribution in [0, 0.1) is 5.82 Å². The Kier molecular flexibility index (Phi) is 2.75. The molecular weight excluding hydrogens is 201 g/mol. The Hall–Kier alpha value is -0.600. The fraction of sp³-hybridized carbons (Fsp3) is 0.455. The van der Waals surface area contributed by atoms with Crippen molar-refractivity contribution < 1.29 is 4.39 Å². The maximum Gasteiger partial charge on any atom is 0.128 e. The summed E-state index contributed by atoms with van der Waals surface area (Å²) in [5.74, 6) is 0.246. The standard InChI is InChI=1S/C11H13ClFN/c12-8-5-10-7(3-4-14)1-2-9(10)11(13)6-8/h5-7H,1-4,14H2. The highest BCUT2D eigenvalue weighted by Gasteiger charge is 2.24. The van der Waals surface area contributed by atoms with Crippen LogP contribution in [0.4, 0.5) is 4.39 Å². The van der Waals surface area contributed by atoms with Crippen LogP contribution in [0.2, 0.25) is 5.02 Å². The maximum absolute atomic E-state index is 13.4. The lowest BCUT2D eigenvalue weighted by molar-refractivity contribution is 0.611. The normalized spacial score (nSPS) is 19.8. The summed E-state index contributed by atoms with van der Waals surface area (Å²) in [4.78, 5) is 0. The van der Waals surface area contributed by atoms with Gasteiger partial charge in [0.2, 0.25) is 0 Å². The second-order valence-electron chi connectivity index (χ2n) is 3.77.